The molecule has 0 aliphatic rings. The van der Waals surface area contributed by atoms with Gasteiger partial charge in [0.15, 0.2) is 0 Å². The lowest BCUT2D eigenvalue weighted by molar-refractivity contribution is 0.395. The van der Waals surface area contributed by atoms with Gasteiger partial charge in [0.1, 0.15) is 21.5 Å². The van der Waals surface area contributed by atoms with Crippen LogP contribution in [-0.2, 0) is 10.0 Å². The minimum Gasteiger partial charge on any atom is -0.497 e. The Kier molecular flexibility index (Phi) is 5.15. The Morgan fingerprint density at radius 1 is 1.14 bits per heavy atom. The molecule has 1 N–H and O–H groups in total. The number of nitrogens with zero attached hydrogens (tertiary/aromatic N) is 1. The van der Waals surface area contributed by atoms with Crippen LogP contribution in [0.15, 0.2) is 39.8 Å². The average Bonchev–Trinajstić information content (AvgIpc) is 2.48. The summed E-state index contributed by atoms with van der Waals surface area (Å²) in [4.78, 5) is 3.78. The van der Waals surface area contributed by atoms with E-state index in [1.165, 1.54) is 26.5 Å². The number of rotatable bonds is 5. The number of ether oxygens (including phenoxy) is 2. The molecule has 0 aliphatic carbocycles. The maximum Gasteiger partial charge on any atom is 0.263 e. The Labute approximate surface area is 141 Å². The van der Waals surface area contributed by atoms with E-state index in [1.54, 1.807) is 18.2 Å². The lowest BCUT2D eigenvalue weighted by atomic mass is 10.3. The fourth-order valence-corrected chi connectivity index (χ4v) is 3.25. The second-order valence-corrected chi connectivity index (χ2v) is 7.05. The molecule has 0 amide bonds. The fourth-order valence-electron chi connectivity index (χ4n) is 1.63. The molecule has 2 aromatic rings. The van der Waals surface area contributed by atoms with Gasteiger partial charge in [0.25, 0.3) is 10.0 Å². The van der Waals surface area contributed by atoms with Gasteiger partial charge in [-0.1, -0.05) is 11.6 Å². The standard InChI is InChI=1S/C13H12BrClN2O4S/c1-20-9-3-8(4-10(5-9)21-2)17-22(18,19)11-6-12(14)13(15)16-7-11/h3-7,17H,1-2H3. The average molecular weight is 408 g/mol. The summed E-state index contributed by atoms with van der Waals surface area (Å²) in [5.41, 5.74) is 0.308. The topological polar surface area (TPSA) is 77.5 Å². The van der Waals surface area contributed by atoms with E-state index in [9.17, 15) is 8.42 Å². The molecule has 0 saturated heterocycles. The summed E-state index contributed by atoms with van der Waals surface area (Å²) in [6.45, 7) is 0. The molecule has 0 unspecified atom stereocenters. The van der Waals surface area contributed by atoms with Crippen LogP contribution in [0.5, 0.6) is 11.5 Å². The summed E-state index contributed by atoms with van der Waals surface area (Å²) in [6.07, 6.45) is 1.17. The number of nitrogens with one attached hydrogen (secondary N) is 1. The smallest absolute Gasteiger partial charge is 0.263 e. The summed E-state index contributed by atoms with van der Waals surface area (Å²) < 4.78 is 37.8. The molecule has 0 saturated carbocycles. The third-order valence-electron chi connectivity index (χ3n) is 2.69. The molecule has 1 heterocycles. The summed E-state index contributed by atoms with van der Waals surface area (Å²) in [5, 5.41) is 0.182. The van der Waals surface area contributed by atoms with Crippen molar-refractivity contribution in [2.45, 2.75) is 4.90 Å². The van der Waals surface area contributed by atoms with Crippen molar-refractivity contribution in [3.63, 3.8) is 0 Å². The van der Waals surface area contributed by atoms with E-state index in [2.05, 4.69) is 25.6 Å². The van der Waals surface area contributed by atoms with Crippen molar-refractivity contribution in [2.75, 3.05) is 18.9 Å². The van der Waals surface area contributed by atoms with Gasteiger partial charge in [0, 0.05) is 24.4 Å². The summed E-state index contributed by atoms with van der Waals surface area (Å²) in [5.74, 6) is 0.930. The predicted octanol–water partition coefficient (Wildman–Crippen LogP) is 3.32. The number of pyridine rings is 1. The number of methoxy groups -OCH3 is 2. The van der Waals surface area contributed by atoms with Crippen LogP contribution in [0.2, 0.25) is 5.15 Å². The van der Waals surface area contributed by atoms with Crippen molar-refractivity contribution in [1.82, 2.24) is 4.98 Å². The van der Waals surface area contributed by atoms with Crippen molar-refractivity contribution in [3.05, 3.63) is 40.1 Å². The molecule has 2 rings (SSSR count). The van der Waals surface area contributed by atoms with E-state index in [-0.39, 0.29) is 10.0 Å². The number of sulfonamides is 1. The van der Waals surface area contributed by atoms with Gasteiger partial charge in [0.2, 0.25) is 0 Å². The molecule has 6 nitrogen and oxygen atoms in total. The SMILES string of the molecule is COc1cc(NS(=O)(=O)c2cnc(Cl)c(Br)c2)cc(OC)c1. The van der Waals surface area contributed by atoms with Crippen LogP contribution in [0, 0.1) is 0 Å². The highest BCUT2D eigenvalue weighted by Gasteiger charge is 2.17. The Hall–Kier alpha value is -1.51. The lowest BCUT2D eigenvalue weighted by Crippen LogP contribution is -2.13. The van der Waals surface area contributed by atoms with Gasteiger partial charge in [0.05, 0.1) is 24.4 Å². The maximum absolute atomic E-state index is 12.4. The van der Waals surface area contributed by atoms with Gasteiger partial charge in [-0.05, 0) is 22.0 Å². The second-order valence-electron chi connectivity index (χ2n) is 4.15. The van der Waals surface area contributed by atoms with Crippen LogP contribution in [0.3, 0.4) is 0 Å². The molecule has 0 radical (unpaired) electrons. The van der Waals surface area contributed by atoms with Gasteiger partial charge in [-0.15, -0.1) is 0 Å². The normalized spacial score (nSPS) is 11.1. The molecule has 0 bridgehead atoms. The highest BCUT2D eigenvalue weighted by molar-refractivity contribution is 9.10. The van der Waals surface area contributed by atoms with E-state index in [0.717, 1.165) is 0 Å². The Bertz CT molecular complexity index is 776. The number of hydrogen-bond acceptors (Lipinski definition) is 5. The van der Waals surface area contributed by atoms with Crippen LogP contribution in [-0.4, -0.2) is 27.6 Å². The summed E-state index contributed by atoms with van der Waals surface area (Å²) in [6, 6.07) is 6.09. The van der Waals surface area contributed by atoms with Crippen molar-refractivity contribution in [2.24, 2.45) is 0 Å². The predicted molar refractivity (Wildman–Crippen MR) is 87.3 cm³/mol. The first-order valence-electron chi connectivity index (χ1n) is 5.92. The van der Waals surface area contributed by atoms with Gasteiger partial charge in [-0.25, -0.2) is 13.4 Å². The largest absolute Gasteiger partial charge is 0.497 e. The number of halogens is 2. The second kappa shape index (κ2) is 6.72. The molecule has 0 atom stereocenters. The fraction of sp³-hybridized carbons (Fsp3) is 0.154. The molecule has 0 aliphatic heterocycles. The van der Waals surface area contributed by atoms with E-state index >= 15 is 0 Å². The molecule has 0 fully saturated rings. The molecule has 9 heteroatoms. The Morgan fingerprint density at radius 2 is 1.73 bits per heavy atom. The van der Waals surface area contributed by atoms with Crippen LogP contribution in [0.4, 0.5) is 5.69 Å². The first-order valence-corrected chi connectivity index (χ1v) is 8.58. The summed E-state index contributed by atoms with van der Waals surface area (Å²) >= 11 is 8.91. The van der Waals surface area contributed by atoms with Crippen molar-refractivity contribution >= 4 is 43.2 Å². The molecule has 0 spiro atoms. The highest BCUT2D eigenvalue weighted by atomic mass is 79.9. The third-order valence-corrected chi connectivity index (χ3v) is 5.17. The lowest BCUT2D eigenvalue weighted by Gasteiger charge is -2.11. The molecule has 1 aromatic heterocycles. The maximum atomic E-state index is 12.4. The first kappa shape index (κ1) is 16.9. The summed E-state index contributed by atoms with van der Waals surface area (Å²) in [7, 11) is -0.856. The zero-order valence-corrected chi connectivity index (χ0v) is 14.8. The van der Waals surface area contributed by atoms with Crippen LogP contribution < -0.4 is 14.2 Å². The first-order chi connectivity index (χ1) is 10.4. The number of hydrogen-bond donors (Lipinski definition) is 1. The molecule has 22 heavy (non-hydrogen) atoms. The molecular formula is C13H12BrClN2O4S. The minimum atomic E-state index is -3.81. The highest BCUT2D eigenvalue weighted by Crippen LogP contribution is 2.28. The molecule has 1 aromatic carbocycles. The van der Waals surface area contributed by atoms with E-state index < -0.39 is 10.0 Å². The van der Waals surface area contributed by atoms with E-state index in [4.69, 9.17) is 21.1 Å². The van der Waals surface area contributed by atoms with Crippen LogP contribution in [0.25, 0.3) is 0 Å². The third kappa shape index (κ3) is 3.82. The quantitative estimate of drug-likeness (QED) is 0.769. The zero-order valence-electron chi connectivity index (χ0n) is 11.6. The van der Waals surface area contributed by atoms with Crippen molar-refractivity contribution in [1.29, 1.82) is 0 Å². The monoisotopic (exact) mass is 406 g/mol. The number of anilines is 1. The van der Waals surface area contributed by atoms with Gasteiger partial charge in [-0.2, -0.15) is 0 Å². The zero-order chi connectivity index (χ0) is 16.3. The number of benzene rings is 1. The van der Waals surface area contributed by atoms with E-state index in [1.807, 2.05) is 0 Å². The number of aromatic nitrogens is 1. The molecular weight excluding hydrogens is 396 g/mol. The van der Waals surface area contributed by atoms with Crippen molar-refractivity contribution in [3.8, 4) is 11.5 Å². The van der Waals surface area contributed by atoms with Gasteiger partial charge in [-0.3, -0.25) is 4.72 Å². The van der Waals surface area contributed by atoms with Gasteiger partial charge >= 0.3 is 0 Å². The van der Waals surface area contributed by atoms with Gasteiger partial charge < -0.3 is 9.47 Å². The Balaban J connectivity index is 2.37. The van der Waals surface area contributed by atoms with Crippen LogP contribution in [0.1, 0.15) is 0 Å². The van der Waals surface area contributed by atoms with E-state index in [0.29, 0.717) is 21.7 Å². The Morgan fingerprint density at radius 3 is 2.23 bits per heavy atom. The minimum absolute atomic E-state index is 0.0226. The van der Waals surface area contributed by atoms with Crippen LogP contribution >= 0.6 is 27.5 Å². The van der Waals surface area contributed by atoms with Crippen molar-refractivity contribution < 1.29 is 17.9 Å². The molecule has 118 valence electrons.